The summed E-state index contributed by atoms with van der Waals surface area (Å²) in [6.07, 6.45) is 2.28. The largest absolute Gasteiger partial charge is 0.492 e. The van der Waals surface area contributed by atoms with Crippen LogP contribution < -0.4 is 9.64 Å². The van der Waals surface area contributed by atoms with Gasteiger partial charge in [0.05, 0.1) is 23.0 Å². The minimum absolute atomic E-state index is 0.709. The summed E-state index contributed by atoms with van der Waals surface area (Å²) in [4.78, 5) is 9.69. The number of rotatable bonds is 7. The SMILES string of the molecule is CCCc1nc(CN2CCN(c3ccccc3OCC)CC2)cs1. The van der Waals surface area contributed by atoms with Crippen molar-refractivity contribution < 1.29 is 4.74 Å². The van der Waals surface area contributed by atoms with Gasteiger partial charge >= 0.3 is 0 Å². The molecule has 1 aliphatic heterocycles. The van der Waals surface area contributed by atoms with Gasteiger partial charge in [-0.3, -0.25) is 4.90 Å². The predicted octanol–water partition coefficient (Wildman–Crippen LogP) is 3.82. The smallest absolute Gasteiger partial charge is 0.142 e. The molecule has 24 heavy (non-hydrogen) atoms. The molecule has 3 rings (SSSR count). The number of anilines is 1. The standard InChI is InChI=1S/C19H27N3OS/c1-3-7-19-20-16(15-24-19)14-21-10-12-22(13-11-21)17-8-5-6-9-18(17)23-4-2/h5-6,8-9,15H,3-4,7,10-14H2,1-2H3. The Kier molecular flexibility index (Phi) is 6.10. The molecule has 130 valence electrons. The van der Waals surface area contributed by atoms with Gasteiger partial charge in [0.15, 0.2) is 0 Å². The molecule has 0 spiro atoms. The van der Waals surface area contributed by atoms with Crippen LogP contribution in [0.1, 0.15) is 31.0 Å². The van der Waals surface area contributed by atoms with Gasteiger partial charge in [0.2, 0.25) is 0 Å². The first-order valence-corrected chi connectivity index (χ1v) is 9.80. The van der Waals surface area contributed by atoms with Crippen LogP contribution in [0.15, 0.2) is 29.6 Å². The molecule has 2 heterocycles. The zero-order valence-corrected chi connectivity index (χ0v) is 15.5. The molecule has 0 N–H and O–H groups in total. The number of thiazole rings is 1. The molecule has 0 atom stereocenters. The Morgan fingerprint density at radius 2 is 1.92 bits per heavy atom. The highest BCUT2D eigenvalue weighted by Crippen LogP contribution is 2.29. The minimum Gasteiger partial charge on any atom is -0.492 e. The maximum atomic E-state index is 5.77. The second-order valence-corrected chi connectivity index (χ2v) is 7.09. The van der Waals surface area contributed by atoms with Crippen molar-refractivity contribution in [3.05, 3.63) is 40.3 Å². The third kappa shape index (κ3) is 4.28. The number of hydrogen-bond donors (Lipinski definition) is 0. The van der Waals surface area contributed by atoms with Crippen LogP contribution >= 0.6 is 11.3 Å². The Morgan fingerprint density at radius 3 is 2.67 bits per heavy atom. The first kappa shape index (κ1) is 17.2. The Morgan fingerprint density at radius 1 is 1.12 bits per heavy atom. The van der Waals surface area contributed by atoms with E-state index >= 15 is 0 Å². The lowest BCUT2D eigenvalue weighted by molar-refractivity contribution is 0.246. The van der Waals surface area contributed by atoms with Gasteiger partial charge in [-0.25, -0.2) is 4.98 Å². The number of benzene rings is 1. The molecule has 1 aliphatic rings. The summed E-state index contributed by atoms with van der Waals surface area (Å²) in [7, 11) is 0. The average Bonchev–Trinajstić information content (AvgIpc) is 3.04. The second kappa shape index (κ2) is 8.49. The van der Waals surface area contributed by atoms with E-state index in [4.69, 9.17) is 9.72 Å². The van der Waals surface area contributed by atoms with Gasteiger partial charge in [-0.15, -0.1) is 11.3 Å². The quantitative estimate of drug-likeness (QED) is 0.763. The van der Waals surface area contributed by atoms with Crippen LogP contribution in [-0.2, 0) is 13.0 Å². The maximum Gasteiger partial charge on any atom is 0.142 e. The topological polar surface area (TPSA) is 28.6 Å². The Labute approximate surface area is 149 Å². The molecule has 0 saturated carbocycles. The first-order valence-electron chi connectivity index (χ1n) is 8.92. The molecule has 0 radical (unpaired) electrons. The highest BCUT2D eigenvalue weighted by atomic mass is 32.1. The van der Waals surface area contributed by atoms with Crippen molar-refractivity contribution in [3.63, 3.8) is 0 Å². The number of aromatic nitrogens is 1. The summed E-state index contributed by atoms with van der Waals surface area (Å²) in [6, 6.07) is 8.36. The average molecular weight is 346 g/mol. The monoisotopic (exact) mass is 345 g/mol. The predicted molar refractivity (Wildman–Crippen MR) is 101 cm³/mol. The fraction of sp³-hybridized carbons (Fsp3) is 0.526. The molecule has 0 unspecified atom stereocenters. The molecule has 1 aromatic carbocycles. The number of hydrogen-bond acceptors (Lipinski definition) is 5. The highest BCUT2D eigenvalue weighted by molar-refractivity contribution is 7.09. The lowest BCUT2D eigenvalue weighted by Gasteiger charge is -2.36. The first-order chi connectivity index (χ1) is 11.8. The van der Waals surface area contributed by atoms with Crippen LogP contribution in [0.3, 0.4) is 0 Å². The Balaban J connectivity index is 1.55. The Bertz CT molecular complexity index is 635. The van der Waals surface area contributed by atoms with Crippen molar-refractivity contribution in [2.75, 3.05) is 37.7 Å². The molecule has 2 aromatic rings. The number of para-hydroxylation sites is 2. The summed E-state index contributed by atoms with van der Waals surface area (Å²) in [6.45, 7) is 10.1. The van der Waals surface area contributed by atoms with E-state index in [-0.39, 0.29) is 0 Å². The zero-order chi connectivity index (χ0) is 16.8. The summed E-state index contributed by atoms with van der Waals surface area (Å²) >= 11 is 1.80. The van der Waals surface area contributed by atoms with Gasteiger partial charge in [-0.05, 0) is 31.9 Å². The van der Waals surface area contributed by atoms with Gasteiger partial charge in [-0.2, -0.15) is 0 Å². The second-order valence-electron chi connectivity index (χ2n) is 6.15. The molecular weight excluding hydrogens is 318 g/mol. The van der Waals surface area contributed by atoms with E-state index in [9.17, 15) is 0 Å². The molecule has 0 aliphatic carbocycles. The van der Waals surface area contributed by atoms with Gasteiger partial charge in [-0.1, -0.05) is 19.1 Å². The summed E-state index contributed by atoms with van der Waals surface area (Å²) < 4.78 is 5.77. The summed E-state index contributed by atoms with van der Waals surface area (Å²) in [5.41, 5.74) is 2.45. The van der Waals surface area contributed by atoms with Gasteiger partial charge in [0, 0.05) is 38.1 Å². The minimum atomic E-state index is 0.709. The fourth-order valence-electron chi connectivity index (χ4n) is 3.12. The van der Waals surface area contributed by atoms with Crippen LogP contribution in [0, 0.1) is 0 Å². The van der Waals surface area contributed by atoms with Crippen molar-refractivity contribution in [1.29, 1.82) is 0 Å². The van der Waals surface area contributed by atoms with E-state index in [1.165, 1.54) is 22.8 Å². The fourth-order valence-corrected chi connectivity index (χ4v) is 4.01. The summed E-state index contributed by atoms with van der Waals surface area (Å²) in [5, 5.41) is 3.50. The lowest BCUT2D eigenvalue weighted by Crippen LogP contribution is -2.46. The van der Waals surface area contributed by atoms with Crippen molar-refractivity contribution in [3.8, 4) is 5.75 Å². The molecule has 1 fully saturated rings. The van der Waals surface area contributed by atoms with E-state index < -0.39 is 0 Å². The van der Waals surface area contributed by atoms with Crippen LogP contribution in [0.25, 0.3) is 0 Å². The van der Waals surface area contributed by atoms with Crippen LogP contribution in [0.4, 0.5) is 5.69 Å². The highest BCUT2D eigenvalue weighted by Gasteiger charge is 2.20. The van der Waals surface area contributed by atoms with Crippen molar-refractivity contribution in [2.45, 2.75) is 33.2 Å². The number of aryl methyl sites for hydroxylation is 1. The van der Waals surface area contributed by atoms with Crippen molar-refractivity contribution in [1.82, 2.24) is 9.88 Å². The van der Waals surface area contributed by atoms with Gasteiger partial charge in [0.25, 0.3) is 0 Å². The Hall–Kier alpha value is -1.59. The molecule has 5 heteroatoms. The molecule has 4 nitrogen and oxygen atoms in total. The van der Waals surface area contributed by atoms with Crippen molar-refractivity contribution >= 4 is 17.0 Å². The van der Waals surface area contributed by atoms with Crippen molar-refractivity contribution in [2.24, 2.45) is 0 Å². The third-order valence-corrected chi connectivity index (χ3v) is 5.28. The van der Waals surface area contributed by atoms with E-state index in [2.05, 4.69) is 40.3 Å². The molecule has 0 bridgehead atoms. The zero-order valence-electron chi connectivity index (χ0n) is 14.7. The number of nitrogens with zero attached hydrogens (tertiary/aromatic N) is 3. The number of piperazine rings is 1. The lowest BCUT2D eigenvalue weighted by atomic mass is 10.2. The maximum absolute atomic E-state index is 5.77. The van der Waals surface area contributed by atoms with Crippen LogP contribution in [0.5, 0.6) is 5.75 Å². The normalized spacial score (nSPS) is 15.7. The van der Waals surface area contributed by atoms with E-state index in [1.54, 1.807) is 11.3 Å². The van der Waals surface area contributed by atoms with Crippen LogP contribution in [0.2, 0.25) is 0 Å². The van der Waals surface area contributed by atoms with Gasteiger partial charge in [0.1, 0.15) is 5.75 Å². The molecule has 1 saturated heterocycles. The molecule has 0 amide bonds. The van der Waals surface area contributed by atoms with E-state index in [0.717, 1.165) is 44.9 Å². The number of ether oxygens (including phenoxy) is 1. The molecule has 1 aromatic heterocycles. The van der Waals surface area contributed by atoms with E-state index in [0.29, 0.717) is 6.61 Å². The van der Waals surface area contributed by atoms with E-state index in [1.807, 2.05) is 13.0 Å². The molecular formula is C19H27N3OS. The summed E-state index contributed by atoms with van der Waals surface area (Å²) in [5.74, 6) is 0.997. The van der Waals surface area contributed by atoms with Crippen LogP contribution in [-0.4, -0.2) is 42.7 Å². The third-order valence-electron chi connectivity index (χ3n) is 4.33. The van der Waals surface area contributed by atoms with Gasteiger partial charge < -0.3 is 9.64 Å².